The molecule has 0 aromatic heterocycles. The van der Waals surface area contributed by atoms with Crippen LogP contribution in [0.3, 0.4) is 0 Å². The van der Waals surface area contributed by atoms with Gasteiger partial charge in [0.05, 0.1) is 5.60 Å². The van der Waals surface area contributed by atoms with Crippen molar-refractivity contribution < 1.29 is 4.74 Å². The fourth-order valence-corrected chi connectivity index (χ4v) is 2.27. The minimum absolute atomic E-state index is 0.197. The van der Waals surface area contributed by atoms with E-state index in [4.69, 9.17) is 4.74 Å². The maximum absolute atomic E-state index is 5.65. The van der Waals surface area contributed by atoms with Gasteiger partial charge in [-0.25, -0.2) is 0 Å². The summed E-state index contributed by atoms with van der Waals surface area (Å²) in [6.45, 7) is 8.23. The molecule has 0 N–H and O–H groups in total. The predicted octanol–water partition coefficient (Wildman–Crippen LogP) is 2.68. The second-order valence-electron chi connectivity index (χ2n) is 4.44. The van der Waals surface area contributed by atoms with Crippen molar-refractivity contribution in [2.75, 3.05) is 26.7 Å². The van der Waals surface area contributed by atoms with E-state index in [1.54, 1.807) is 0 Å². The average molecular weight is 199 g/mol. The lowest BCUT2D eigenvalue weighted by Gasteiger charge is -2.40. The summed E-state index contributed by atoms with van der Waals surface area (Å²) in [5.74, 6) is 0. The van der Waals surface area contributed by atoms with Crippen molar-refractivity contribution in [2.45, 2.75) is 51.6 Å². The Morgan fingerprint density at radius 2 is 1.86 bits per heavy atom. The van der Waals surface area contributed by atoms with Gasteiger partial charge in [-0.15, -0.1) is 0 Å². The van der Waals surface area contributed by atoms with Crippen molar-refractivity contribution in [1.29, 1.82) is 0 Å². The molecule has 0 aromatic carbocycles. The number of likely N-dealkylation sites (tertiary alicyclic amines) is 1. The maximum atomic E-state index is 5.65. The fraction of sp³-hybridized carbons (Fsp3) is 1.00. The highest BCUT2D eigenvalue weighted by Crippen LogP contribution is 2.28. The third-order valence-electron chi connectivity index (χ3n) is 3.67. The van der Waals surface area contributed by atoms with Crippen LogP contribution >= 0.6 is 0 Å². The van der Waals surface area contributed by atoms with Crippen LogP contribution in [0.4, 0.5) is 0 Å². The molecule has 14 heavy (non-hydrogen) atoms. The van der Waals surface area contributed by atoms with Crippen molar-refractivity contribution in [2.24, 2.45) is 0 Å². The number of hydrogen-bond donors (Lipinski definition) is 0. The lowest BCUT2D eigenvalue weighted by molar-refractivity contribution is -0.0594. The highest BCUT2D eigenvalue weighted by Gasteiger charge is 2.32. The maximum Gasteiger partial charge on any atom is 0.0700 e. The Hall–Kier alpha value is -0.0800. The molecule has 0 radical (unpaired) electrons. The van der Waals surface area contributed by atoms with Crippen LogP contribution < -0.4 is 0 Å². The summed E-state index contributed by atoms with van der Waals surface area (Å²) in [6.07, 6.45) is 6.23. The Morgan fingerprint density at radius 1 is 1.21 bits per heavy atom. The number of methoxy groups -OCH3 is 1. The molecule has 0 spiro atoms. The van der Waals surface area contributed by atoms with Gasteiger partial charge in [0.1, 0.15) is 0 Å². The van der Waals surface area contributed by atoms with Gasteiger partial charge in [0.2, 0.25) is 0 Å². The highest BCUT2D eigenvalue weighted by molar-refractivity contribution is 4.86. The van der Waals surface area contributed by atoms with Gasteiger partial charge in [-0.3, -0.25) is 0 Å². The third-order valence-corrected chi connectivity index (χ3v) is 3.67. The van der Waals surface area contributed by atoms with Gasteiger partial charge in [-0.2, -0.15) is 0 Å². The molecule has 1 saturated heterocycles. The SMILES string of the molecule is CCCCN1CCC(CC)(OC)CC1. The molecule has 0 aliphatic carbocycles. The van der Waals surface area contributed by atoms with E-state index in [0.29, 0.717) is 0 Å². The molecule has 84 valence electrons. The van der Waals surface area contributed by atoms with Crippen LogP contribution in [-0.2, 0) is 4.74 Å². The quantitative estimate of drug-likeness (QED) is 0.675. The van der Waals surface area contributed by atoms with Gasteiger partial charge in [0.15, 0.2) is 0 Å². The van der Waals surface area contributed by atoms with E-state index in [1.807, 2.05) is 7.11 Å². The first-order valence-electron chi connectivity index (χ1n) is 6.04. The van der Waals surface area contributed by atoms with Gasteiger partial charge in [-0.1, -0.05) is 20.3 Å². The number of rotatable bonds is 5. The lowest BCUT2D eigenvalue weighted by Crippen LogP contribution is -2.45. The van der Waals surface area contributed by atoms with E-state index in [9.17, 15) is 0 Å². The van der Waals surface area contributed by atoms with E-state index >= 15 is 0 Å². The van der Waals surface area contributed by atoms with E-state index in [1.165, 1.54) is 45.3 Å². The Balaban J connectivity index is 2.29. The van der Waals surface area contributed by atoms with Gasteiger partial charge >= 0.3 is 0 Å². The first kappa shape index (κ1) is 12.0. The standard InChI is InChI=1S/C12H25NO/c1-4-6-9-13-10-7-12(5-2,14-3)8-11-13/h4-11H2,1-3H3. The molecular formula is C12H25NO. The zero-order valence-electron chi connectivity index (χ0n) is 10.0. The van der Waals surface area contributed by atoms with Gasteiger partial charge in [-0.05, 0) is 32.2 Å². The molecular weight excluding hydrogens is 174 g/mol. The van der Waals surface area contributed by atoms with Crippen molar-refractivity contribution in [3.05, 3.63) is 0 Å². The number of unbranched alkanes of at least 4 members (excludes halogenated alkanes) is 1. The van der Waals surface area contributed by atoms with Gasteiger partial charge in [0, 0.05) is 20.2 Å². The first-order valence-corrected chi connectivity index (χ1v) is 6.04. The molecule has 2 nitrogen and oxygen atoms in total. The van der Waals surface area contributed by atoms with Crippen molar-refractivity contribution in [3.8, 4) is 0 Å². The highest BCUT2D eigenvalue weighted by atomic mass is 16.5. The largest absolute Gasteiger partial charge is 0.378 e. The van der Waals surface area contributed by atoms with Crippen LogP contribution in [0, 0.1) is 0 Å². The molecule has 1 aliphatic rings. The fourth-order valence-electron chi connectivity index (χ4n) is 2.27. The number of hydrogen-bond acceptors (Lipinski definition) is 2. The molecule has 0 saturated carbocycles. The molecule has 2 heteroatoms. The molecule has 0 amide bonds. The summed E-state index contributed by atoms with van der Waals surface area (Å²) in [5, 5.41) is 0. The molecule has 0 atom stereocenters. The summed E-state index contributed by atoms with van der Waals surface area (Å²) >= 11 is 0. The molecule has 0 bridgehead atoms. The average Bonchev–Trinajstić information content (AvgIpc) is 2.27. The van der Waals surface area contributed by atoms with E-state index in [0.717, 1.165) is 6.42 Å². The van der Waals surface area contributed by atoms with E-state index in [2.05, 4.69) is 18.7 Å². The second kappa shape index (κ2) is 5.72. The lowest BCUT2D eigenvalue weighted by atomic mass is 9.88. The summed E-state index contributed by atoms with van der Waals surface area (Å²) in [5.41, 5.74) is 0.197. The topological polar surface area (TPSA) is 12.5 Å². The Bertz CT molecular complexity index is 144. The molecule has 1 heterocycles. The Kier molecular flexibility index (Phi) is 4.90. The zero-order valence-corrected chi connectivity index (χ0v) is 10.0. The Labute approximate surface area is 88.6 Å². The van der Waals surface area contributed by atoms with E-state index < -0.39 is 0 Å². The number of ether oxygens (including phenoxy) is 1. The summed E-state index contributed by atoms with van der Waals surface area (Å²) in [7, 11) is 1.87. The number of piperidine rings is 1. The van der Waals surface area contributed by atoms with Crippen molar-refractivity contribution in [1.82, 2.24) is 4.90 Å². The summed E-state index contributed by atoms with van der Waals surface area (Å²) in [6, 6.07) is 0. The van der Waals surface area contributed by atoms with E-state index in [-0.39, 0.29) is 5.60 Å². The minimum Gasteiger partial charge on any atom is -0.378 e. The van der Waals surface area contributed by atoms with Crippen LogP contribution in [0.5, 0.6) is 0 Å². The van der Waals surface area contributed by atoms with Crippen LogP contribution in [0.2, 0.25) is 0 Å². The second-order valence-corrected chi connectivity index (χ2v) is 4.44. The van der Waals surface area contributed by atoms with Crippen molar-refractivity contribution >= 4 is 0 Å². The zero-order chi connectivity index (χ0) is 10.4. The van der Waals surface area contributed by atoms with Gasteiger partial charge < -0.3 is 9.64 Å². The minimum atomic E-state index is 0.197. The smallest absolute Gasteiger partial charge is 0.0700 e. The van der Waals surface area contributed by atoms with Gasteiger partial charge in [0.25, 0.3) is 0 Å². The van der Waals surface area contributed by atoms with Crippen LogP contribution in [0.15, 0.2) is 0 Å². The molecule has 0 aromatic rings. The molecule has 0 unspecified atom stereocenters. The molecule has 1 fully saturated rings. The molecule has 1 rings (SSSR count). The van der Waals surface area contributed by atoms with Crippen molar-refractivity contribution in [3.63, 3.8) is 0 Å². The normalized spacial score (nSPS) is 22.5. The summed E-state index contributed by atoms with van der Waals surface area (Å²) in [4.78, 5) is 2.58. The van der Waals surface area contributed by atoms with Crippen LogP contribution in [0.1, 0.15) is 46.0 Å². The summed E-state index contributed by atoms with van der Waals surface area (Å²) < 4.78 is 5.65. The third kappa shape index (κ3) is 2.96. The Morgan fingerprint density at radius 3 is 2.29 bits per heavy atom. The first-order chi connectivity index (χ1) is 6.76. The predicted molar refractivity (Wildman–Crippen MR) is 60.6 cm³/mol. The molecule has 1 aliphatic heterocycles. The van der Waals surface area contributed by atoms with Crippen LogP contribution in [-0.4, -0.2) is 37.2 Å². The monoisotopic (exact) mass is 199 g/mol. The number of nitrogens with zero attached hydrogens (tertiary/aromatic N) is 1. The van der Waals surface area contributed by atoms with Crippen LogP contribution in [0.25, 0.3) is 0 Å².